The Balaban J connectivity index is 1.10. The van der Waals surface area contributed by atoms with Crippen LogP contribution in [-0.4, -0.2) is 90.7 Å². The normalized spacial score (nSPS) is 24.2. The van der Waals surface area contributed by atoms with Crippen LogP contribution < -0.4 is 10.1 Å². The van der Waals surface area contributed by atoms with Gasteiger partial charge in [-0.15, -0.1) is 13.2 Å². The van der Waals surface area contributed by atoms with E-state index in [1.807, 2.05) is 11.0 Å². The van der Waals surface area contributed by atoms with E-state index in [1.165, 1.54) is 18.2 Å². The summed E-state index contributed by atoms with van der Waals surface area (Å²) in [6.45, 7) is 2.87. The maximum Gasteiger partial charge on any atom is 0.573 e. The molecule has 1 saturated heterocycles. The van der Waals surface area contributed by atoms with E-state index in [0.717, 1.165) is 11.4 Å². The smallest absolute Gasteiger partial charge is 0.406 e. The molecule has 4 heterocycles. The Labute approximate surface area is 222 Å². The summed E-state index contributed by atoms with van der Waals surface area (Å²) in [7, 11) is 1.61. The highest BCUT2D eigenvalue weighted by Gasteiger charge is 2.38. The molecule has 1 aromatic carbocycles. The Kier molecular flexibility index (Phi) is 7.36. The van der Waals surface area contributed by atoms with Gasteiger partial charge < -0.3 is 24.0 Å². The predicted molar refractivity (Wildman–Crippen MR) is 133 cm³/mol. The Morgan fingerprint density at radius 2 is 2.00 bits per heavy atom. The van der Waals surface area contributed by atoms with Gasteiger partial charge in [-0.1, -0.05) is 12.1 Å². The summed E-state index contributed by atoms with van der Waals surface area (Å²) in [5.41, 5.74) is 0.205. The van der Waals surface area contributed by atoms with Gasteiger partial charge in [0.05, 0.1) is 30.1 Å². The molecule has 0 aromatic heterocycles. The second kappa shape index (κ2) is 10.7. The predicted octanol–water partition coefficient (Wildman–Crippen LogP) is 2.40. The molecule has 0 aliphatic carbocycles. The highest BCUT2D eigenvalue weighted by Crippen LogP contribution is 2.38. The number of nitro groups is 1. The van der Waals surface area contributed by atoms with Crippen LogP contribution in [0.5, 0.6) is 5.75 Å². The minimum atomic E-state index is -4.73. The lowest BCUT2D eigenvalue weighted by Crippen LogP contribution is -2.50. The van der Waals surface area contributed by atoms with Crippen LogP contribution in [0.1, 0.15) is 18.4 Å². The number of methoxy groups -OCH3 is 1. The van der Waals surface area contributed by atoms with Crippen molar-refractivity contribution in [3.05, 3.63) is 64.1 Å². The lowest BCUT2D eigenvalue weighted by Gasteiger charge is -2.42. The van der Waals surface area contributed by atoms with Gasteiger partial charge in [0.1, 0.15) is 17.7 Å². The van der Waals surface area contributed by atoms with Gasteiger partial charge >= 0.3 is 12.6 Å². The zero-order valence-electron chi connectivity index (χ0n) is 21.1. The van der Waals surface area contributed by atoms with Crippen LogP contribution in [0.15, 0.2) is 58.4 Å². The summed E-state index contributed by atoms with van der Waals surface area (Å²) in [5, 5.41) is 14.3. The van der Waals surface area contributed by atoms with Gasteiger partial charge in [0.25, 0.3) is 6.02 Å². The Morgan fingerprint density at radius 3 is 2.62 bits per heavy atom. The molecule has 2 atom stereocenters. The number of benzene rings is 1. The van der Waals surface area contributed by atoms with Crippen molar-refractivity contribution in [2.45, 2.75) is 37.2 Å². The van der Waals surface area contributed by atoms with Gasteiger partial charge in [-0.05, 0) is 36.6 Å². The molecule has 1 N–H and O–H groups in total. The highest BCUT2D eigenvalue weighted by atomic mass is 19.4. The maximum atomic E-state index is 12.5. The van der Waals surface area contributed by atoms with E-state index in [2.05, 4.69) is 24.9 Å². The van der Waals surface area contributed by atoms with Gasteiger partial charge in [0.2, 0.25) is 0 Å². The van der Waals surface area contributed by atoms with Crippen LogP contribution in [0.25, 0.3) is 0 Å². The van der Waals surface area contributed by atoms with E-state index in [1.54, 1.807) is 36.7 Å². The first kappa shape index (κ1) is 26.7. The molecule has 0 amide bonds. The summed E-state index contributed by atoms with van der Waals surface area (Å²) in [6, 6.07) is 6.09. The number of aliphatic imine (C=N–C) groups is 2. The third-order valence-electron chi connectivity index (χ3n) is 7.09. The van der Waals surface area contributed by atoms with Gasteiger partial charge in [0, 0.05) is 39.0 Å². The summed E-state index contributed by atoms with van der Waals surface area (Å²) in [6.07, 6.45) is 1.95. The fraction of sp³-hybridized carbons (Fsp3) is 0.500. The molecule has 0 bridgehead atoms. The topological polar surface area (TPSA) is 117 Å². The number of halogens is 3. The number of hydrogen-bond donors (Lipinski definition) is 1. The van der Waals surface area contributed by atoms with Crippen LogP contribution in [0.4, 0.5) is 13.2 Å². The van der Waals surface area contributed by atoms with Crippen molar-refractivity contribution in [2.24, 2.45) is 9.98 Å². The van der Waals surface area contributed by atoms with Crippen LogP contribution in [0.2, 0.25) is 0 Å². The molecule has 39 heavy (non-hydrogen) atoms. The Bertz CT molecular complexity index is 1180. The quantitative estimate of drug-likeness (QED) is 0.384. The van der Waals surface area contributed by atoms with Crippen molar-refractivity contribution in [1.29, 1.82) is 0 Å². The first-order valence-corrected chi connectivity index (χ1v) is 12.4. The molecule has 5 rings (SSSR count). The number of piperidine rings is 1. The van der Waals surface area contributed by atoms with E-state index < -0.39 is 23.1 Å². The molecule has 0 radical (unpaired) electrons. The molecule has 4 aliphatic heterocycles. The lowest BCUT2D eigenvalue weighted by molar-refractivity contribution is -0.552. The number of likely N-dealkylation sites (tertiary alicyclic amines) is 1. The largest absolute Gasteiger partial charge is 0.573 e. The number of nitrogens with one attached hydrogen (secondary N) is 1. The van der Waals surface area contributed by atoms with E-state index in [9.17, 15) is 23.3 Å². The standard InChI is InChI=1S/C24H28F3N7O5/c1-37-23(17-2-4-18(5-3-17)39-24(25,26)27)8-12-32(13-9-23)19-6-10-31(15-29-19)16-30-20-14-28-22-33(20)11-7-21(38-22)34(35)36/h2-7,11,15,20-21,30H,8-10,12-14,16H2,1H3/t20?,21-/m0/s1. The average Bonchev–Trinajstić information content (AvgIpc) is 3.34. The van der Waals surface area contributed by atoms with Crippen molar-refractivity contribution < 1.29 is 32.3 Å². The second-order valence-electron chi connectivity index (χ2n) is 9.38. The van der Waals surface area contributed by atoms with E-state index in [0.29, 0.717) is 45.7 Å². The Morgan fingerprint density at radius 1 is 1.26 bits per heavy atom. The van der Waals surface area contributed by atoms with Crippen molar-refractivity contribution in [3.8, 4) is 5.75 Å². The van der Waals surface area contributed by atoms with E-state index >= 15 is 0 Å². The van der Waals surface area contributed by atoms with Crippen molar-refractivity contribution >= 4 is 12.4 Å². The average molecular weight is 552 g/mol. The van der Waals surface area contributed by atoms with Crippen LogP contribution in [0.3, 0.4) is 0 Å². The third-order valence-corrected chi connectivity index (χ3v) is 7.09. The van der Waals surface area contributed by atoms with Crippen LogP contribution in [0, 0.1) is 10.1 Å². The fourth-order valence-electron chi connectivity index (χ4n) is 4.97. The fourth-order valence-corrected chi connectivity index (χ4v) is 4.97. The number of hydrogen-bond acceptors (Lipinski definition) is 11. The minimum absolute atomic E-state index is 0.180. The summed E-state index contributed by atoms with van der Waals surface area (Å²) in [4.78, 5) is 25.1. The van der Waals surface area contributed by atoms with Crippen molar-refractivity contribution in [3.63, 3.8) is 0 Å². The van der Waals surface area contributed by atoms with Crippen molar-refractivity contribution in [2.75, 3.05) is 40.0 Å². The number of ether oxygens (including phenoxy) is 3. The monoisotopic (exact) mass is 551 g/mol. The second-order valence-corrected chi connectivity index (χ2v) is 9.38. The van der Waals surface area contributed by atoms with Crippen LogP contribution in [-0.2, 0) is 15.1 Å². The number of amidine groups is 1. The molecule has 1 aromatic rings. The van der Waals surface area contributed by atoms with Crippen molar-refractivity contribution in [1.82, 2.24) is 20.0 Å². The SMILES string of the molecule is COC1(c2ccc(OC(F)(F)F)cc2)CCN(C2=CCN(CNC3CN=C4O[C@H]([N+](=O)[O-])C=CN43)C=N2)CC1. The number of nitrogens with zero attached hydrogens (tertiary/aromatic N) is 6. The van der Waals surface area contributed by atoms with E-state index in [4.69, 9.17) is 9.47 Å². The molecule has 12 nitrogen and oxygen atoms in total. The zero-order chi connectivity index (χ0) is 27.6. The first-order chi connectivity index (χ1) is 18.7. The molecule has 1 unspecified atom stereocenters. The number of fused-ring (bicyclic) bond motifs is 1. The molecule has 0 saturated carbocycles. The summed E-state index contributed by atoms with van der Waals surface area (Å²) < 4.78 is 52.6. The molecule has 15 heteroatoms. The molecule has 4 aliphatic rings. The summed E-state index contributed by atoms with van der Waals surface area (Å²) >= 11 is 0. The number of rotatable bonds is 8. The molecule has 0 spiro atoms. The molecular weight excluding hydrogens is 523 g/mol. The van der Waals surface area contributed by atoms with E-state index in [-0.39, 0.29) is 17.9 Å². The molecule has 1 fully saturated rings. The van der Waals surface area contributed by atoms with Gasteiger partial charge in [-0.25, -0.2) is 9.98 Å². The minimum Gasteiger partial charge on any atom is -0.406 e. The van der Waals surface area contributed by atoms with Gasteiger partial charge in [-0.3, -0.25) is 20.3 Å². The van der Waals surface area contributed by atoms with Crippen LogP contribution >= 0.6 is 0 Å². The molecule has 210 valence electrons. The maximum absolute atomic E-state index is 12.5. The highest BCUT2D eigenvalue weighted by molar-refractivity contribution is 5.78. The van der Waals surface area contributed by atoms with Gasteiger partial charge in [0.15, 0.2) is 0 Å². The lowest BCUT2D eigenvalue weighted by atomic mass is 9.84. The zero-order valence-corrected chi connectivity index (χ0v) is 21.1. The third kappa shape index (κ3) is 5.93. The molecular formula is C24H28F3N7O5. The summed E-state index contributed by atoms with van der Waals surface area (Å²) in [5.74, 6) is 0.593. The Hall–Kier alpha value is -3.85. The first-order valence-electron chi connectivity index (χ1n) is 12.4. The van der Waals surface area contributed by atoms with Gasteiger partial charge in [-0.2, -0.15) is 0 Å². The number of alkyl halides is 3.